The maximum absolute atomic E-state index is 13.5. The lowest BCUT2D eigenvalue weighted by Crippen LogP contribution is -2.66. The van der Waals surface area contributed by atoms with Crippen molar-refractivity contribution in [2.45, 2.75) is 375 Å². The smallest absolute Gasteiger partial charge is 0.220 e. The molecule has 1 amide bonds. The fourth-order valence-electron chi connectivity index (χ4n) is 12.9. The van der Waals surface area contributed by atoms with E-state index in [9.17, 15) is 61.0 Å². The van der Waals surface area contributed by atoms with E-state index in [1.165, 1.54) is 141 Å². The minimum atomic E-state index is -1.99. The Balaban J connectivity index is 1.40. The van der Waals surface area contributed by atoms with Gasteiger partial charge in [0, 0.05) is 6.42 Å². The van der Waals surface area contributed by atoms with Gasteiger partial charge in [0.2, 0.25) is 5.91 Å². The average Bonchev–Trinajstić information content (AvgIpc) is 0.780. The summed E-state index contributed by atoms with van der Waals surface area (Å²) in [5, 5.41) is 121. The van der Waals surface area contributed by atoms with Gasteiger partial charge in [-0.15, -0.1) is 0 Å². The predicted molar refractivity (Wildman–Crippen MR) is 419 cm³/mol. The molecule has 0 bridgehead atoms. The van der Waals surface area contributed by atoms with Gasteiger partial charge < -0.3 is 89.9 Å². The maximum Gasteiger partial charge on any atom is 0.220 e. The number of aliphatic hydroxyl groups is 11. The number of carbonyl (C=O) groups excluding carboxylic acids is 1. The first-order chi connectivity index (χ1) is 51.3. The summed E-state index contributed by atoms with van der Waals surface area (Å²) in [6.07, 6.45) is 65.7. The van der Waals surface area contributed by atoms with Crippen molar-refractivity contribution in [1.29, 1.82) is 0 Å². The van der Waals surface area contributed by atoms with E-state index in [4.69, 9.17) is 28.4 Å². The van der Waals surface area contributed by atoms with E-state index in [-0.39, 0.29) is 18.9 Å². The van der Waals surface area contributed by atoms with Crippen molar-refractivity contribution in [2.24, 2.45) is 0 Å². The topological polar surface area (TPSA) is 307 Å². The van der Waals surface area contributed by atoms with Gasteiger partial charge >= 0.3 is 0 Å². The second kappa shape index (κ2) is 64.7. The summed E-state index contributed by atoms with van der Waals surface area (Å²) in [5.41, 5.74) is 0. The molecule has 0 aromatic carbocycles. The summed E-state index contributed by atoms with van der Waals surface area (Å²) in [7, 11) is 0. The first-order valence-corrected chi connectivity index (χ1v) is 40.9. The molecule has 17 atom stereocenters. The largest absolute Gasteiger partial charge is 0.394 e. The molecule has 0 spiro atoms. The monoisotopic (exact) mass is 1480 g/mol. The number of allylic oxidation sites excluding steroid dienone is 21. The summed E-state index contributed by atoms with van der Waals surface area (Å²) < 4.78 is 34.4. The summed E-state index contributed by atoms with van der Waals surface area (Å²) in [6, 6.07) is -1.01. The van der Waals surface area contributed by atoms with Crippen molar-refractivity contribution in [3.63, 3.8) is 0 Å². The molecular formula is C86H145NO18. The Hall–Kier alpha value is -4.07. The molecule has 17 unspecified atom stereocenters. The highest BCUT2D eigenvalue weighted by Gasteiger charge is 2.54. The number of aliphatic hydroxyl groups excluding tert-OH is 11. The Morgan fingerprint density at radius 1 is 0.352 bits per heavy atom. The molecule has 105 heavy (non-hydrogen) atoms. The summed E-state index contributed by atoms with van der Waals surface area (Å²) in [4.78, 5) is 13.5. The number of nitrogens with one attached hydrogen (secondary N) is 1. The molecule has 19 heteroatoms. The number of unbranched alkanes of at least 4 members (excludes halogenated alkanes) is 27. The molecule has 3 saturated heterocycles. The fourth-order valence-corrected chi connectivity index (χ4v) is 12.9. The minimum Gasteiger partial charge on any atom is -0.394 e. The average molecular weight is 1480 g/mol. The molecule has 0 aromatic heterocycles. The lowest BCUT2D eigenvalue weighted by atomic mass is 9.96. The Labute approximate surface area is 632 Å². The molecule has 19 nitrogen and oxygen atoms in total. The molecule has 602 valence electrons. The van der Waals surface area contributed by atoms with Crippen molar-refractivity contribution < 1.29 is 89.4 Å². The van der Waals surface area contributed by atoms with Crippen LogP contribution in [0.1, 0.15) is 271 Å². The normalized spacial score (nSPS) is 26.5. The Kier molecular flexibility index (Phi) is 58.6. The van der Waals surface area contributed by atoms with Gasteiger partial charge in [0.05, 0.1) is 38.6 Å². The van der Waals surface area contributed by atoms with Gasteiger partial charge in [0.1, 0.15) is 73.2 Å². The van der Waals surface area contributed by atoms with Gasteiger partial charge in [0.15, 0.2) is 18.9 Å². The van der Waals surface area contributed by atoms with Crippen molar-refractivity contribution in [3.8, 4) is 0 Å². The zero-order valence-corrected chi connectivity index (χ0v) is 64.4. The Morgan fingerprint density at radius 2 is 0.657 bits per heavy atom. The van der Waals surface area contributed by atoms with E-state index in [0.717, 1.165) is 103 Å². The molecular weight excluding hydrogens is 1330 g/mol. The molecule has 0 saturated carbocycles. The maximum atomic E-state index is 13.5. The van der Waals surface area contributed by atoms with Crippen LogP contribution in [0.5, 0.6) is 0 Å². The first-order valence-electron chi connectivity index (χ1n) is 40.9. The van der Waals surface area contributed by atoms with Crippen LogP contribution in [0, 0.1) is 0 Å². The van der Waals surface area contributed by atoms with Crippen LogP contribution in [0.25, 0.3) is 0 Å². The highest BCUT2D eigenvalue weighted by molar-refractivity contribution is 5.76. The van der Waals surface area contributed by atoms with Crippen LogP contribution in [-0.4, -0.2) is 193 Å². The van der Waals surface area contributed by atoms with Crippen LogP contribution in [-0.2, 0) is 33.2 Å². The standard InChI is InChI=1S/C86H145NO18/c1-3-5-7-9-11-13-15-17-19-21-23-25-27-29-31-32-33-34-35-36-38-40-42-44-46-48-50-52-54-56-58-60-62-64-74(92)87-69(70(91)63-61-59-57-55-53-51-49-47-45-43-41-39-37-30-28-26-24-22-20-18-16-14-12-10-8-6-4-2)68-100-84-80(98)77(95)82(72(66-89)102-84)105-86-81(99)78(96)83(73(67-90)103-86)104-85-79(97)76(94)75(93)71(65-88)101-85/h5,7,11,13,17,19,23,25,29,31,33-34,36,38,42,44,48,50,54,56,61,63,69-73,75-86,88-91,93-99H,3-4,6,8-10,12,14-16,18,20-22,24,26-28,30,32,35,37,39-41,43,45-47,49,51-53,55,57-60,62,64-68H2,1-2H3,(H,87,92)/b7-5-,13-11-,19-17-,25-23-,31-29-,34-33-,38-36-,44-42-,50-48-,56-54-,63-61+. The third kappa shape index (κ3) is 44.4. The van der Waals surface area contributed by atoms with Crippen LogP contribution < -0.4 is 5.32 Å². The summed E-state index contributed by atoms with van der Waals surface area (Å²) in [5.74, 6) is -0.321. The quantitative estimate of drug-likeness (QED) is 0.0199. The number of carbonyl (C=O) groups is 1. The third-order valence-electron chi connectivity index (χ3n) is 19.5. The van der Waals surface area contributed by atoms with E-state index in [1.54, 1.807) is 6.08 Å². The van der Waals surface area contributed by atoms with Crippen LogP contribution in [0.3, 0.4) is 0 Å². The molecule has 12 N–H and O–H groups in total. The minimum absolute atomic E-state index is 0.179. The van der Waals surface area contributed by atoms with Gasteiger partial charge in [-0.1, -0.05) is 302 Å². The molecule has 3 aliphatic heterocycles. The van der Waals surface area contributed by atoms with Gasteiger partial charge in [-0.05, 0) is 96.3 Å². The number of hydrogen-bond donors (Lipinski definition) is 12. The van der Waals surface area contributed by atoms with Crippen molar-refractivity contribution in [2.75, 3.05) is 26.4 Å². The highest BCUT2D eigenvalue weighted by Crippen LogP contribution is 2.33. The lowest BCUT2D eigenvalue weighted by molar-refractivity contribution is -0.379. The second-order valence-electron chi connectivity index (χ2n) is 28.5. The highest BCUT2D eigenvalue weighted by atomic mass is 16.8. The SMILES string of the molecule is CC/C=C\C/C=C\C/C=C\C/C=C\C/C=C\C/C=C\C/C=C\C/C=C\C/C=C\C/C=C\CCCCC(=O)NC(COC1OC(CO)C(OC2OC(CO)C(OC3OC(CO)C(O)C(O)C3O)C(O)C2O)C(O)C1O)C(O)/C=C/CCCCCCCCCCCCCCCCCCCCCCCCCCC. The van der Waals surface area contributed by atoms with Gasteiger partial charge in [-0.3, -0.25) is 4.79 Å². The van der Waals surface area contributed by atoms with E-state index >= 15 is 0 Å². The zero-order chi connectivity index (χ0) is 76.0. The van der Waals surface area contributed by atoms with E-state index in [1.807, 2.05) is 6.08 Å². The van der Waals surface area contributed by atoms with Crippen molar-refractivity contribution >= 4 is 5.91 Å². The molecule has 3 fully saturated rings. The van der Waals surface area contributed by atoms with Crippen LogP contribution in [0.2, 0.25) is 0 Å². The van der Waals surface area contributed by atoms with Gasteiger partial charge in [-0.2, -0.15) is 0 Å². The molecule has 0 aromatic rings. The fraction of sp³-hybridized carbons (Fsp3) is 0.733. The second-order valence-corrected chi connectivity index (χ2v) is 28.5. The first kappa shape index (κ1) is 95.1. The summed E-state index contributed by atoms with van der Waals surface area (Å²) in [6.45, 7) is 1.60. The zero-order valence-electron chi connectivity index (χ0n) is 64.4. The molecule has 3 heterocycles. The van der Waals surface area contributed by atoms with Crippen molar-refractivity contribution in [3.05, 3.63) is 134 Å². The number of rotatable bonds is 63. The van der Waals surface area contributed by atoms with Crippen molar-refractivity contribution in [1.82, 2.24) is 5.32 Å². The Morgan fingerprint density at radius 3 is 1.03 bits per heavy atom. The number of amides is 1. The van der Waals surface area contributed by atoms with Crippen LogP contribution in [0.4, 0.5) is 0 Å². The summed E-state index contributed by atoms with van der Waals surface area (Å²) >= 11 is 0. The van der Waals surface area contributed by atoms with Gasteiger partial charge in [0.25, 0.3) is 0 Å². The van der Waals surface area contributed by atoms with Crippen LogP contribution in [0.15, 0.2) is 134 Å². The number of hydrogen-bond acceptors (Lipinski definition) is 18. The Bertz CT molecular complexity index is 2420. The van der Waals surface area contributed by atoms with E-state index in [2.05, 4.69) is 141 Å². The van der Waals surface area contributed by atoms with Crippen LogP contribution >= 0.6 is 0 Å². The molecule has 0 radical (unpaired) electrons. The molecule has 3 rings (SSSR count). The molecule has 0 aliphatic carbocycles. The van der Waals surface area contributed by atoms with E-state index in [0.29, 0.717) is 6.42 Å². The number of ether oxygens (including phenoxy) is 6. The van der Waals surface area contributed by atoms with Gasteiger partial charge in [-0.25, -0.2) is 0 Å². The van der Waals surface area contributed by atoms with E-state index < -0.39 is 124 Å². The lowest BCUT2D eigenvalue weighted by Gasteiger charge is -2.48. The molecule has 3 aliphatic rings. The third-order valence-corrected chi connectivity index (χ3v) is 19.5. The predicted octanol–water partition coefficient (Wildman–Crippen LogP) is 14.1.